The van der Waals surface area contributed by atoms with Crippen LogP contribution in [0.25, 0.3) is 0 Å². The molecule has 1 fully saturated rings. The highest BCUT2D eigenvalue weighted by atomic mass is 31.2. The molecule has 0 unspecified atom stereocenters. The van der Waals surface area contributed by atoms with Crippen LogP contribution in [0.15, 0.2) is 24.3 Å². The lowest BCUT2D eigenvalue weighted by Gasteiger charge is -2.32. The number of benzene rings is 1. The molecule has 5 nitrogen and oxygen atoms in total. The average Bonchev–Trinajstić information content (AvgIpc) is 2.68. The minimum Gasteiger partial charge on any atom is -0.399 e. The van der Waals surface area contributed by atoms with E-state index in [1.165, 1.54) is 0 Å². The molecule has 2 rings (SSSR count). The van der Waals surface area contributed by atoms with Gasteiger partial charge < -0.3 is 18.4 Å². The molecule has 1 saturated heterocycles. The first-order valence-electron chi connectivity index (χ1n) is 8.45. The quantitative estimate of drug-likeness (QED) is 0.551. The molecule has 1 aromatic rings. The lowest BCUT2D eigenvalue weighted by Crippen LogP contribution is -2.41. The Bertz CT molecular complexity index is 574. The minimum absolute atomic E-state index is 0.262. The van der Waals surface area contributed by atoms with Gasteiger partial charge in [0, 0.05) is 0 Å². The Labute approximate surface area is 145 Å². The summed E-state index contributed by atoms with van der Waals surface area (Å²) in [6, 6.07) is 7.73. The normalized spacial score (nSPS) is 19.7. The van der Waals surface area contributed by atoms with Gasteiger partial charge >= 0.3 is 14.7 Å². The maximum Gasteiger partial charge on any atom is 0.494 e. The second-order valence-electron chi connectivity index (χ2n) is 6.93. The molecular weight excluding hydrogens is 326 g/mol. The summed E-state index contributed by atoms with van der Waals surface area (Å²) in [7, 11) is -3.48. The third-order valence-corrected chi connectivity index (χ3v) is 6.59. The summed E-state index contributed by atoms with van der Waals surface area (Å²) in [5.41, 5.74) is 1.12. The summed E-state index contributed by atoms with van der Waals surface area (Å²) >= 11 is 0. The fourth-order valence-corrected chi connectivity index (χ4v) is 4.21. The minimum atomic E-state index is -3.09. The van der Waals surface area contributed by atoms with Crippen LogP contribution in [-0.4, -0.2) is 31.5 Å². The summed E-state index contributed by atoms with van der Waals surface area (Å²) < 4.78 is 35.4. The van der Waals surface area contributed by atoms with E-state index < -0.39 is 14.7 Å². The van der Waals surface area contributed by atoms with Crippen molar-refractivity contribution in [2.24, 2.45) is 0 Å². The zero-order valence-electron chi connectivity index (χ0n) is 15.5. The molecule has 0 N–H and O–H groups in total. The summed E-state index contributed by atoms with van der Waals surface area (Å²) in [5.74, 6) is 0. The third kappa shape index (κ3) is 4.30. The van der Waals surface area contributed by atoms with Crippen LogP contribution < -0.4 is 5.46 Å². The largest absolute Gasteiger partial charge is 0.494 e. The van der Waals surface area contributed by atoms with Gasteiger partial charge in [0.25, 0.3) is 0 Å². The Morgan fingerprint density at radius 1 is 0.958 bits per heavy atom. The molecule has 0 amide bonds. The highest BCUT2D eigenvalue weighted by molar-refractivity contribution is 7.53. The summed E-state index contributed by atoms with van der Waals surface area (Å²) in [6.07, 6.45) is 0.262. The first-order valence-corrected chi connectivity index (χ1v) is 10.2. The van der Waals surface area contributed by atoms with E-state index in [1.807, 2.05) is 65.8 Å². The van der Waals surface area contributed by atoms with Crippen LogP contribution in [0.1, 0.15) is 47.1 Å². The van der Waals surface area contributed by atoms with E-state index in [2.05, 4.69) is 0 Å². The Hall–Kier alpha value is -0.645. The highest BCUT2D eigenvalue weighted by Gasteiger charge is 2.51. The van der Waals surface area contributed by atoms with Gasteiger partial charge in [0.15, 0.2) is 0 Å². The monoisotopic (exact) mass is 354 g/mol. The maximum atomic E-state index is 12.6. The van der Waals surface area contributed by atoms with Gasteiger partial charge in [-0.2, -0.15) is 0 Å². The molecule has 0 spiro atoms. The molecule has 1 aliphatic rings. The SMILES string of the molecule is CCOP(=O)(Cc1ccc(B2OC(C)(C)C(C)(C)O2)cc1)OCC. The number of hydrogen-bond acceptors (Lipinski definition) is 5. The highest BCUT2D eigenvalue weighted by Crippen LogP contribution is 2.51. The van der Waals surface area contributed by atoms with E-state index >= 15 is 0 Å². The van der Waals surface area contributed by atoms with Crippen molar-refractivity contribution >= 4 is 20.2 Å². The van der Waals surface area contributed by atoms with Crippen LogP contribution in [0.3, 0.4) is 0 Å². The molecule has 1 aromatic carbocycles. The van der Waals surface area contributed by atoms with Gasteiger partial charge in [0.05, 0.1) is 30.6 Å². The van der Waals surface area contributed by atoms with Gasteiger partial charge in [0.2, 0.25) is 0 Å². The molecule has 0 aliphatic carbocycles. The first-order chi connectivity index (χ1) is 11.1. The van der Waals surface area contributed by atoms with Crippen molar-refractivity contribution in [1.82, 2.24) is 0 Å². The summed E-state index contributed by atoms with van der Waals surface area (Å²) in [4.78, 5) is 0. The van der Waals surface area contributed by atoms with E-state index in [-0.39, 0.29) is 17.4 Å². The van der Waals surface area contributed by atoms with Crippen LogP contribution in [-0.2, 0) is 29.1 Å². The van der Waals surface area contributed by atoms with Crippen LogP contribution in [0.4, 0.5) is 0 Å². The van der Waals surface area contributed by atoms with Crippen molar-refractivity contribution in [2.75, 3.05) is 13.2 Å². The second kappa shape index (κ2) is 7.31. The summed E-state index contributed by atoms with van der Waals surface area (Å²) in [5, 5.41) is 0. The summed E-state index contributed by atoms with van der Waals surface area (Å²) in [6.45, 7) is 12.5. The maximum absolute atomic E-state index is 12.6. The molecule has 0 radical (unpaired) electrons. The van der Waals surface area contributed by atoms with Gasteiger partial charge in [0.1, 0.15) is 0 Å². The van der Waals surface area contributed by atoms with Crippen molar-refractivity contribution in [3.05, 3.63) is 29.8 Å². The molecule has 0 aromatic heterocycles. The fourth-order valence-electron chi connectivity index (χ4n) is 2.50. The van der Waals surface area contributed by atoms with Crippen LogP contribution >= 0.6 is 7.60 Å². The van der Waals surface area contributed by atoms with Crippen molar-refractivity contribution in [3.63, 3.8) is 0 Å². The Morgan fingerprint density at radius 2 is 1.42 bits per heavy atom. The van der Waals surface area contributed by atoms with Crippen LogP contribution in [0, 0.1) is 0 Å². The Balaban J connectivity index is 2.10. The van der Waals surface area contributed by atoms with Gasteiger partial charge in [-0.25, -0.2) is 0 Å². The predicted octanol–water partition coefficient (Wildman–Crippen LogP) is 3.75. The zero-order valence-corrected chi connectivity index (χ0v) is 16.4. The topological polar surface area (TPSA) is 54.0 Å². The van der Waals surface area contributed by atoms with Gasteiger partial charge in [-0.05, 0) is 52.6 Å². The lowest BCUT2D eigenvalue weighted by atomic mass is 9.79. The second-order valence-corrected chi connectivity index (χ2v) is 8.99. The van der Waals surface area contributed by atoms with Crippen LogP contribution in [0.2, 0.25) is 0 Å². The first kappa shape index (κ1) is 19.7. The molecule has 0 atom stereocenters. The Kier molecular flexibility index (Phi) is 5.99. The van der Waals surface area contributed by atoms with Gasteiger partial charge in [-0.15, -0.1) is 0 Å². The molecule has 0 saturated carbocycles. The van der Waals surface area contributed by atoms with Crippen molar-refractivity contribution in [1.29, 1.82) is 0 Å². The van der Waals surface area contributed by atoms with Crippen molar-refractivity contribution in [3.8, 4) is 0 Å². The van der Waals surface area contributed by atoms with E-state index in [1.54, 1.807) is 0 Å². The third-order valence-electron chi connectivity index (χ3n) is 4.53. The van der Waals surface area contributed by atoms with Crippen molar-refractivity contribution < 1.29 is 22.9 Å². The Morgan fingerprint density at radius 3 is 1.83 bits per heavy atom. The molecular formula is C17H28BO5P. The van der Waals surface area contributed by atoms with Gasteiger partial charge in [-0.1, -0.05) is 24.3 Å². The molecule has 1 heterocycles. The number of rotatable bonds is 7. The lowest BCUT2D eigenvalue weighted by molar-refractivity contribution is 0.00578. The molecule has 0 bridgehead atoms. The van der Waals surface area contributed by atoms with E-state index in [0.29, 0.717) is 13.2 Å². The zero-order chi connectivity index (χ0) is 18.0. The average molecular weight is 354 g/mol. The van der Waals surface area contributed by atoms with E-state index in [4.69, 9.17) is 18.4 Å². The van der Waals surface area contributed by atoms with Gasteiger partial charge in [-0.3, -0.25) is 4.57 Å². The molecule has 1 aliphatic heterocycles. The molecule has 134 valence electrons. The smallest absolute Gasteiger partial charge is 0.399 e. The van der Waals surface area contributed by atoms with E-state index in [9.17, 15) is 4.57 Å². The van der Waals surface area contributed by atoms with Crippen molar-refractivity contribution in [2.45, 2.75) is 58.9 Å². The predicted molar refractivity (Wildman–Crippen MR) is 96.7 cm³/mol. The molecule has 24 heavy (non-hydrogen) atoms. The molecule has 7 heteroatoms. The fraction of sp³-hybridized carbons (Fsp3) is 0.647. The van der Waals surface area contributed by atoms with Crippen LogP contribution in [0.5, 0.6) is 0 Å². The standard InChI is InChI=1S/C17H28BO5P/c1-7-20-24(19,21-8-2)13-14-9-11-15(12-10-14)18-22-16(3,4)17(5,6)23-18/h9-12H,7-8,13H2,1-6H3. The van der Waals surface area contributed by atoms with E-state index in [0.717, 1.165) is 11.0 Å². The number of hydrogen-bond donors (Lipinski definition) is 0.